The molecule has 0 aliphatic heterocycles. The van der Waals surface area contributed by atoms with E-state index in [2.05, 4.69) is 229 Å². The smallest absolute Gasteiger partial charge is 0.104 e. The zero-order valence-electron chi connectivity index (χ0n) is 36.1. The van der Waals surface area contributed by atoms with Crippen LogP contribution in [0.2, 0.25) is 0 Å². The largest absolute Gasteiger partial charge is 0.307 e. The van der Waals surface area contributed by atoms with Gasteiger partial charge >= 0.3 is 0 Å². The van der Waals surface area contributed by atoms with Crippen molar-refractivity contribution in [2.24, 2.45) is 0 Å². The zero-order chi connectivity index (χ0) is 43.7. The highest BCUT2D eigenvalue weighted by molar-refractivity contribution is 6.15. The van der Waals surface area contributed by atoms with E-state index in [-0.39, 0.29) is 5.41 Å². The molecule has 0 bridgehead atoms. The van der Waals surface area contributed by atoms with Crippen molar-refractivity contribution in [2.45, 2.75) is 26.2 Å². The van der Waals surface area contributed by atoms with Gasteiger partial charge in [0.05, 0.1) is 50.2 Å². The van der Waals surface area contributed by atoms with Gasteiger partial charge in [-0.1, -0.05) is 159 Å². The van der Waals surface area contributed by atoms with Crippen LogP contribution in [0.4, 0.5) is 0 Å². The predicted octanol–water partition coefficient (Wildman–Crippen LogP) is 15.0. The van der Waals surface area contributed by atoms with Gasteiger partial charge in [-0.25, -0.2) is 0 Å². The lowest BCUT2D eigenvalue weighted by Crippen LogP contribution is -2.15. The van der Waals surface area contributed by atoms with Gasteiger partial charge in [0.2, 0.25) is 0 Å². The van der Waals surface area contributed by atoms with E-state index in [0.29, 0.717) is 16.8 Å². The van der Waals surface area contributed by atoms with Crippen molar-refractivity contribution in [2.75, 3.05) is 0 Å². The van der Waals surface area contributed by atoms with Crippen molar-refractivity contribution in [3.63, 3.8) is 0 Å². The first-order valence-corrected chi connectivity index (χ1v) is 22.1. The number of hydrogen-bond acceptors (Lipinski definition) is 2. The fourth-order valence-electron chi connectivity index (χ4n) is 11.3. The number of hydrogen-bond donors (Lipinski definition) is 0. The minimum absolute atomic E-state index is 0.220. The summed E-state index contributed by atoms with van der Waals surface area (Å²) < 4.78 is 6.79. The molecule has 0 amide bonds. The summed E-state index contributed by atoms with van der Waals surface area (Å²) in [4.78, 5) is 0. The van der Waals surface area contributed by atoms with Crippen LogP contribution in [0, 0.1) is 29.6 Å². The molecule has 0 N–H and O–H groups in total. The summed E-state index contributed by atoms with van der Waals surface area (Å²) in [5.74, 6) is 0. The first kappa shape index (κ1) is 37.0. The summed E-state index contributed by atoms with van der Waals surface area (Å²) in [6.45, 7) is 6.71. The molecule has 0 fully saturated rings. The average molecular weight is 830 g/mol. The topological polar surface area (TPSA) is 62.4 Å². The van der Waals surface area contributed by atoms with Crippen LogP contribution in [0.25, 0.3) is 105 Å². The van der Waals surface area contributed by atoms with Gasteiger partial charge in [-0.15, -0.1) is 0 Å². The van der Waals surface area contributed by atoms with Crippen molar-refractivity contribution in [1.82, 2.24) is 13.7 Å². The van der Waals surface area contributed by atoms with Gasteiger partial charge in [-0.2, -0.15) is 10.5 Å². The Kier molecular flexibility index (Phi) is 7.64. The molecular weight excluding hydrogens is 791 g/mol. The Morgan fingerprint density at radius 1 is 0.385 bits per heavy atom. The molecule has 0 saturated heterocycles. The van der Waals surface area contributed by atoms with E-state index >= 15 is 0 Å². The molecule has 304 valence electrons. The van der Waals surface area contributed by atoms with Crippen molar-refractivity contribution < 1.29 is 0 Å². The summed E-state index contributed by atoms with van der Waals surface area (Å²) in [6, 6.07) is 69.9. The van der Waals surface area contributed by atoms with Gasteiger partial charge in [0.25, 0.3) is 0 Å². The molecule has 9 aromatic carbocycles. The number of nitrogens with zero attached hydrogens (tertiary/aromatic N) is 5. The van der Waals surface area contributed by atoms with E-state index in [9.17, 15) is 10.5 Å². The second-order valence-corrected chi connectivity index (χ2v) is 17.9. The highest BCUT2D eigenvalue weighted by Crippen LogP contribution is 2.53. The Morgan fingerprint density at radius 2 is 0.785 bits per heavy atom. The molecule has 0 saturated carbocycles. The van der Waals surface area contributed by atoms with E-state index in [1.165, 1.54) is 22.3 Å². The van der Waals surface area contributed by atoms with Gasteiger partial charge in [-0.3, -0.25) is 0 Å². The highest BCUT2D eigenvalue weighted by Gasteiger charge is 2.37. The predicted molar refractivity (Wildman–Crippen MR) is 267 cm³/mol. The summed E-state index contributed by atoms with van der Waals surface area (Å²) in [5, 5.41) is 30.8. The number of aromatic nitrogens is 3. The molecule has 65 heavy (non-hydrogen) atoms. The third-order valence-corrected chi connectivity index (χ3v) is 14.2. The number of para-hydroxylation sites is 5. The summed E-state index contributed by atoms with van der Waals surface area (Å²) in [5.41, 5.74) is 16.1. The van der Waals surface area contributed by atoms with E-state index in [4.69, 9.17) is 0 Å². The Hall–Kier alpha value is -8.64. The van der Waals surface area contributed by atoms with Crippen LogP contribution < -0.4 is 0 Å². The van der Waals surface area contributed by atoms with Crippen molar-refractivity contribution in [3.05, 3.63) is 210 Å². The molecule has 0 radical (unpaired) electrons. The Labute approximate surface area is 375 Å². The van der Waals surface area contributed by atoms with Crippen molar-refractivity contribution >= 4 is 65.4 Å². The Bertz CT molecular complexity index is 3860. The van der Waals surface area contributed by atoms with Gasteiger partial charge in [0, 0.05) is 43.3 Å². The zero-order valence-corrected chi connectivity index (χ0v) is 36.1. The molecule has 3 aromatic heterocycles. The van der Waals surface area contributed by atoms with Gasteiger partial charge < -0.3 is 13.7 Å². The number of nitriles is 2. The number of rotatable bonds is 4. The van der Waals surface area contributed by atoms with Crippen LogP contribution in [0.5, 0.6) is 0 Å². The molecule has 5 heteroatoms. The molecule has 1 aliphatic carbocycles. The van der Waals surface area contributed by atoms with Crippen LogP contribution in [-0.2, 0) is 5.41 Å². The van der Waals surface area contributed by atoms with Gasteiger partial charge in [0.1, 0.15) is 23.3 Å². The first-order valence-electron chi connectivity index (χ1n) is 22.1. The average Bonchev–Trinajstić information content (AvgIpc) is 4.03. The molecule has 1 aliphatic rings. The van der Waals surface area contributed by atoms with E-state index in [1.54, 1.807) is 0 Å². The third kappa shape index (κ3) is 4.90. The maximum absolute atomic E-state index is 12.1. The third-order valence-electron chi connectivity index (χ3n) is 14.2. The Balaban J connectivity index is 1.32. The molecular formula is C60H39N5. The highest BCUT2D eigenvalue weighted by atomic mass is 15.1. The number of fused-ring (bicyclic) bond motifs is 12. The lowest BCUT2D eigenvalue weighted by Gasteiger charge is -2.26. The van der Waals surface area contributed by atoms with E-state index in [0.717, 1.165) is 93.5 Å². The minimum atomic E-state index is -0.220. The van der Waals surface area contributed by atoms with Crippen LogP contribution in [0.15, 0.2) is 182 Å². The quantitative estimate of drug-likeness (QED) is 0.177. The van der Waals surface area contributed by atoms with E-state index in [1.807, 2.05) is 0 Å². The lowest BCUT2D eigenvalue weighted by molar-refractivity contribution is 0.661. The van der Waals surface area contributed by atoms with Gasteiger partial charge in [-0.05, 0) is 77.2 Å². The van der Waals surface area contributed by atoms with Crippen molar-refractivity contribution in [1.29, 1.82) is 10.5 Å². The Morgan fingerprint density at radius 3 is 1.25 bits per heavy atom. The second kappa shape index (κ2) is 13.4. The SMILES string of the molecule is Cc1ccc(-c2c(-n3c4ccccc4c4ccccc43)c(C#N)c(-n3c4ccccc4c4cc5c(cc43)-c3ccccc3C5(C)C)c(C#N)c2-n2c3ccccc3c3ccccc32)cc1. The molecule has 0 unspecified atom stereocenters. The van der Waals surface area contributed by atoms with Gasteiger partial charge in [0.15, 0.2) is 0 Å². The fraction of sp³-hybridized carbons (Fsp3) is 0.0667. The normalized spacial score (nSPS) is 12.9. The fourth-order valence-corrected chi connectivity index (χ4v) is 11.3. The number of aryl methyl sites for hydroxylation is 1. The molecule has 12 aromatic rings. The van der Waals surface area contributed by atoms with E-state index < -0.39 is 0 Å². The van der Waals surface area contributed by atoms with Crippen molar-refractivity contribution in [3.8, 4) is 51.5 Å². The molecule has 0 atom stereocenters. The van der Waals surface area contributed by atoms with Crippen LogP contribution >= 0.6 is 0 Å². The molecule has 5 nitrogen and oxygen atoms in total. The summed E-state index contributed by atoms with van der Waals surface area (Å²) >= 11 is 0. The molecule has 13 rings (SSSR count). The van der Waals surface area contributed by atoms with Crippen LogP contribution in [0.3, 0.4) is 0 Å². The minimum Gasteiger partial charge on any atom is -0.307 e. The first-order chi connectivity index (χ1) is 31.9. The number of benzene rings is 9. The molecule has 0 spiro atoms. The standard InChI is InChI=1S/C60H39N5/c1-36-28-30-37(31-29-36)56-58(63-50-23-11-5-17-39(50)40-18-6-12-24-51(40)63)46(34-61)57(47(35-62)59(56)64-52-25-13-7-19-41(52)42-20-8-14-26-53(42)64)65-54-27-15-9-21-43(54)45-32-49-44(33-55(45)65)38-16-4-10-22-48(38)60(49,2)3/h4-33H,1-3H3. The summed E-state index contributed by atoms with van der Waals surface area (Å²) in [7, 11) is 0. The maximum Gasteiger partial charge on any atom is 0.104 e. The maximum atomic E-state index is 12.1. The lowest BCUT2D eigenvalue weighted by atomic mass is 9.82. The monoisotopic (exact) mass is 829 g/mol. The molecule has 3 heterocycles. The van der Waals surface area contributed by atoms with Crippen LogP contribution in [-0.4, -0.2) is 13.7 Å². The summed E-state index contributed by atoms with van der Waals surface area (Å²) in [6.07, 6.45) is 0. The van der Waals surface area contributed by atoms with Crippen LogP contribution in [0.1, 0.15) is 41.7 Å². The second-order valence-electron chi connectivity index (χ2n) is 17.9.